The van der Waals surface area contributed by atoms with Gasteiger partial charge in [-0.1, -0.05) is 42.4 Å². The van der Waals surface area contributed by atoms with Crippen LogP contribution in [-0.2, 0) is 14.3 Å². The Balaban J connectivity index is 2.01. The Morgan fingerprint density at radius 3 is 2.31 bits per heavy atom. The lowest BCUT2D eigenvalue weighted by Crippen LogP contribution is -2.32. The molecule has 0 aliphatic heterocycles. The smallest absolute Gasteiger partial charge is 0.422 e. The highest BCUT2D eigenvalue weighted by Gasteiger charge is 2.26. The number of hydrogen-bond donors (Lipinski definition) is 0. The molecule has 0 fully saturated rings. The molecule has 180 valence electrons. The number of ketones is 1. The second-order valence-corrected chi connectivity index (χ2v) is 8.07. The highest BCUT2D eigenvalue weighted by molar-refractivity contribution is 6.35. The molecule has 0 saturated heterocycles. The second-order valence-electron chi connectivity index (χ2n) is 7.67. The maximum atomic E-state index is 13.7. The molecule has 0 spiro atoms. The van der Waals surface area contributed by atoms with Crippen molar-refractivity contribution in [3.05, 3.63) is 106 Å². The number of ether oxygens (including phenoxy) is 2. The topological polar surface area (TPSA) is 72.9 Å². The van der Waals surface area contributed by atoms with E-state index in [4.69, 9.17) is 21.1 Å². The van der Waals surface area contributed by atoms with E-state index in [1.54, 1.807) is 19.1 Å². The summed E-state index contributed by atoms with van der Waals surface area (Å²) in [6, 6.07) is 15.5. The van der Waals surface area contributed by atoms with Gasteiger partial charge < -0.3 is 9.47 Å². The van der Waals surface area contributed by atoms with Crippen molar-refractivity contribution >= 4 is 40.8 Å². The van der Waals surface area contributed by atoms with Gasteiger partial charge in [0.1, 0.15) is 5.82 Å². The van der Waals surface area contributed by atoms with Crippen LogP contribution in [0.1, 0.15) is 34.0 Å². The van der Waals surface area contributed by atoms with Crippen molar-refractivity contribution in [1.82, 2.24) is 0 Å². The summed E-state index contributed by atoms with van der Waals surface area (Å²) in [6.45, 7) is 8.11. The Bertz CT molecular complexity index is 1310. The molecular formula is C27H23ClFNO5. The number of hydrogen-bond acceptors (Lipinski definition) is 5. The lowest BCUT2D eigenvalue weighted by Gasteiger charge is -2.26. The fourth-order valence-electron chi connectivity index (χ4n) is 3.44. The zero-order valence-corrected chi connectivity index (χ0v) is 20.1. The van der Waals surface area contributed by atoms with E-state index in [1.807, 2.05) is 19.1 Å². The fourth-order valence-corrected chi connectivity index (χ4v) is 3.70. The Kier molecular flexibility index (Phi) is 8.04. The number of carbonyl (C=O) groups is 3. The van der Waals surface area contributed by atoms with Crippen molar-refractivity contribution in [2.75, 3.05) is 4.90 Å². The van der Waals surface area contributed by atoms with Crippen molar-refractivity contribution in [3.8, 4) is 0 Å². The van der Waals surface area contributed by atoms with E-state index in [9.17, 15) is 18.8 Å². The maximum absolute atomic E-state index is 13.7. The third-order valence-electron chi connectivity index (χ3n) is 5.14. The Labute approximate surface area is 207 Å². The number of benzene rings is 3. The van der Waals surface area contributed by atoms with Gasteiger partial charge in [0.05, 0.1) is 16.4 Å². The molecule has 1 atom stereocenters. The molecule has 3 aromatic carbocycles. The number of amides is 1. The molecule has 3 aromatic rings. The van der Waals surface area contributed by atoms with Crippen LogP contribution in [0, 0.1) is 19.7 Å². The van der Waals surface area contributed by atoms with E-state index < -0.39 is 24.2 Å². The lowest BCUT2D eigenvalue weighted by molar-refractivity contribution is -0.158. The molecule has 8 heteroatoms. The molecule has 0 heterocycles. The Morgan fingerprint density at radius 1 is 0.971 bits per heavy atom. The highest BCUT2D eigenvalue weighted by Crippen LogP contribution is 2.33. The number of nitrogens with zero attached hydrogens (tertiary/aromatic N) is 1. The van der Waals surface area contributed by atoms with Crippen molar-refractivity contribution in [2.24, 2.45) is 0 Å². The van der Waals surface area contributed by atoms with Gasteiger partial charge in [0, 0.05) is 24.1 Å². The standard InChI is InChI=1S/C27H23ClFNO5/c1-5-25(31)34-18(4)35-27(33)30(24-13-10-19(29)14-17(24)3)20-11-12-22(23(28)15-20)26(32)21-9-7-6-8-16(21)2/h5-15,18H,1H2,2-4H3. The number of carbonyl (C=O) groups excluding carboxylic acids is 3. The summed E-state index contributed by atoms with van der Waals surface area (Å²) < 4.78 is 23.9. The number of esters is 1. The van der Waals surface area contributed by atoms with Crippen LogP contribution in [0.4, 0.5) is 20.6 Å². The molecule has 0 aliphatic carbocycles. The summed E-state index contributed by atoms with van der Waals surface area (Å²) in [6.07, 6.45) is -1.19. The third-order valence-corrected chi connectivity index (χ3v) is 5.46. The van der Waals surface area contributed by atoms with Crippen molar-refractivity contribution in [2.45, 2.75) is 27.1 Å². The van der Waals surface area contributed by atoms with Gasteiger partial charge in [-0.3, -0.25) is 4.79 Å². The summed E-state index contributed by atoms with van der Waals surface area (Å²) in [5.74, 6) is -1.52. The summed E-state index contributed by atoms with van der Waals surface area (Å²) in [4.78, 5) is 38.8. The van der Waals surface area contributed by atoms with Crippen molar-refractivity contribution in [1.29, 1.82) is 0 Å². The fraction of sp³-hybridized carbons (Fsp3) is 0.148. The van der Waals surface area contributed by atoms with Gasteiger partial charge in [-0.15, -0.1) is 0 Å². The van der Waals surface area contributed by atoms with Gasteiger partial charge in [0.2, 0.25) is 6.29 Å². The van der Waals surface area contributed by atoms with E-state index in [1.165, 1.54) is 43.3 Å². The van der Waals surface area contributed by atoms with Crippen LogP contribution in [-0.4, -0.2) is 24.1 Å². The van der Waals surface area contributed by atoms with Gasteiger partial charge in [0.25, 0.3) is 0 Å². The zero-order valence-electron chi connectivity index (χ0n) is 19.4. The lowest BCUT2D eigenvalue weighted by atomic mass is 9.99. The number of rotatable bonds is 7. The monoisotopic (exact) mass is 495 g/mol. The van der Waals surface area contributed by atoms with Gasteiger partial charge in [-0.25, -0.2) is 18.9 Å². The van der Waals surface area contributed by atoms with Gasteiger partial charge >= 0.3 is 12.1 Å². The molecule has 1 amide bonds. The normalized spacial score (nSPS) is 11.3. The van der Waals surface area contributed by atoms with Crippen LogP contribution in [0.5, 0.6) is 0 Å². The number of halogens is 2. The zero-order chi connectivity index (χ0) is 25.7. The van der Waals surface area contributed by atoms with E-state index in [0.717, 1.165) is 16.5 Å². The van der Waals surface area contributed by atoms with Crippen LogP contribution >= 0.6 is 11.6 Å². The summed E-state index contributed by atoms with van der Waals surface area (Å²) in [5, 5.41) is 0.111. The minimum Gasteiger partial charge on any atom is -0.422 e. The van der Waals surface area contributed by atoms with Crippen LogP contribution in [0.15, 0.2) is 73.3 Å². The molecule has 0 N–H and O–H groups in total. The van der Waals surface area contributed by atoms with Crippen molar-refractivity contribution < 1.29 is 28.2 Å². The highest BCUT2D eigenvalue weighted by atomic mass is 35.5. The quantitative estimate of drug-likeness (QED) is 0.158. The van der Waals surface area contributed by atoms with E-state index in [0.29, 0.717) is 16.8 Å². The molecular weight excluding hydrogens is 473 g/mol. The third kappa shape index (κ3) is 5.94. The molecule has 6 nitrogen and oxygen atoms in total. The minimum atomic E-state index is -1.23. The Morgan fingerprint density at radius 2 is 1.69 bits per heavy atom. The van der Waals surface area contributed by atoms with E-state index in [2.05, 4.69) is 6.58 Å². The van der Waals surface area contributed by atoms with Crippen molar-refractivity contribution in [3.63, 3.8) is 0 Å². The molecule has 0 aliphatic rings. The van der Waals surface area contributed by atoms with Crippen LogP contribution in [0.25, 0.3) is 0 Å². The van der Waals surface area contributed by atoms with Crippen LogP contribution in [0.2, 0.25) is 5.02 Å². The molecule has 1 unspecified atom stereocenters. The average Bonchev–Trinajstić information content (AvgIpc) is 2.80. The number of anilines is 2. The first kappa shape index (κ1) is 25.6. The summed E-state index contributed by atoms with van der Waals surface area (Å²) in [7, 11) is 0. The maximum Gasteiger partial charge on any atom is 0.422 e. The van der Waals surface area contributed by atoms with Gasteiger partial charge in [-0.05, 0) is 61.4 Å². The van der Waals surface area contributed by atoms with Crippen LogP contribution in [0.3, 0.4) is 0 Å². The molecule has 0 aromatic heterocycles. The SMILES string of the molecule is C=CC(=O)OC(C)OC(=O)N(c1ccc(C(=O)c2ccccc2C)c(Cl)c1)c1ccc(F)cc1C. The predicted octanol–water partition coefficient (Wildman–Crippen LogP) is 6.68. The van der Waals surface area contributed by atoms with Gasteiger partial charge in [0.15, 0.2) is 5.78 Å². The molecule has 0 bridgehead atoms. The van der Waals surface area contributed by atoms with Gasteiger partial charge in [-0.2, -0.15) is 0 Å². The predicted molar refractivity (Wildman–Crippen MR) is 132 cm³/mol. The summed E-state index contributed by atoms with van der Waals surface area (Å²) >= 11 is 6.48. The van der Waals surface area contributed by atoms with E-state index >= 15 is 0 Å². The molecule has 3 rings (SSSR count). The average molecular weight is 496 g/mol. The van der Waals surface area contributed by atoms with E-state index in [-0.39, 0.29) is 22.1 Å². The second kappa shape index (κ2) is 11.0. The van der Waals surface area contributed by atoms with Crippen LogP contribution < -0.4 is 4.90 Å². The molecule has 0 saturated carbocycles. The number of aryl methyl sites for hydroxylation is 2. The molecule has 35 heavy (non-hydrogen) atoms. The Hall–Kier alpha value is -3.97. The molecule has 0 radical (unpaired) electrons. The first-order valence-corrected chi connectivity index (χ1v) is 11.0. The largest absolute Gasteiger partial charge is 0.422 e. The summed E-state index contributed by atoms with van der Waals surface area (Å²) in [5.41, 5.74) is 2.57. The minimum absolute atomic E-state index is 0.111. The first-order valence-electron chi connectivity index (χ1n) is 10.6. The first-order chi connectivity index (χ1) is 16.6.